The molecule has 1 fully saturated rings. The number of hydrogen-bond donors (Lipinski definition) is 0. The molecule has 1 nitrogen and oxygen atoms in total. The predicted molar refractivity (Wildman–Crippen MR) is 95.0 cm³/mol. The van der Waals surface area contributed by atoms with Crippen LogP contribution >= 0.6 is 34.8 Å². The van der Waals surface area contributed by atoms with Crippen molar-refractivity contribution in [2.45, 2.75) is 55.8 Å². The normalized spacial score (nSPS) is 18.6. The van der Waals surface area contributed by atoms with Gasteiger partial charge in [0.2, 0.25) is 3.79 Å². The van der Waals surface area contributed by atoms with Crippen molar-refractivity contribution < 1.29 is 0 Å². The van der Waals surface area contributed by atoms with E-state index in [9.17, 15) is 0 Å². The average Bonchev–Trinajstić information content (AvgIpc) is 2.41. The zero-order valence-electron chi connectivity index (χ0n) is 13.0. The molecule has 1 aliphatic rings. The number of anilines is 1. The van der Waals surface area contributed by atoms with Gasteiger partial charge < -0.3 is 4.90 Å². The third kappa shape index (κ3) is 4.21. The van der Waals surface area contributed by atoms with Crippen LogP contribution in [0.15, 0.2) is 18.2 Å². The molecule has 0 radical (unpaired) electrons. The van der Waals surface area contributed by atoms with Gasteiger partial charge in [0.05, 0.1) is 6.04 Å². The molecular formula is C17H24Cl3N. The molecule has 21 heavy (non-hydrogen) atoms. The fraction of sp³-hybridized carbons (Fsp3) is 0.647. The van der Waals surface area contributed by atoms with Crippen LogP contribution in [0.3, 0.4) is 0 Å². The Balaban J connectivity index is 2.28. The van der Waals surface area contributed by atoms with E-state index in [4.69, 9.17) is 34.8 Å². The molecule has 4 heteroatoms. The molecule has 2 rings (SSSR count). The fourth-order valence-corrected chi connectivity index (χ4v) is 4.33. The lowest BCUT2D eigenvalue weighted by atomic mass is 9.83. The second kappa shape index (κ2) is 6.98. The monoisotopic (exact) mass is 347 g/mol. The van der Waals surface area contributed by atoms with E-state index in [2.05, 4.69) is 36.9 Å². The van der Waals surface area contributed by atoms with Crippen LogP contribution in [0.5, 0.6) is 0 Å². The largest absolute Gasteiger partial charge is 0.367 e. The van der Waals surface area contributed by atoms with Gasteiger partial charge in [0, 0.05) is 12.7 Å². The van der Waals surface area contributed by atoms with Crippen LogP contribution in [-0.4, -0.2) is 16.9 Å². The summed E-state index contributed by atoms with van der Waals surface area (Å²) in [7, 11) is 2.05. The van der Waals surface area contributed by atoms with Crippen molar-refractivity contribution in [3.63, 3.8) is 0 Å². The number of halogens is 3. The molecule has 1 aromatic rings. The van der Waals surface area contributed by atoms with Crippen molar-refractivity contribution in [2.24, 2.45) is 5.92 Å². The minimum absolute atomic E-state index is 0.0788. The van der Waals surface area contributed by atoms with E-state index < -0.39 is 3.79 Å². The lowest BCUT2D eigenvalue weighted by molar-refractivity contribution is 0.300. The first-order valence-electron chi connectivity index (χ1n) is 7.67. The van der Waals surface area contributed by atoms with E-state index in [-0.39, 0.29) is 6.04 Å². The SMILES string of the molecule is Cc1ccc(N(C)C(C2CCCCC2)C(Cl)(Cl)Cl)cc1C. The molecule has 0 amide bonds. The van der Waals surface area contributed by atoms with Gasteiger partial charge in [0.15, 0.2) is 0 Å². The smallest absolute Gasteiger partial charge is 0.210 e. The zero-order chi connectivity index (χ0) is 15.6. The quantitative estimate of drug-likeness (QED) is 0.600. The second-order valence-corrected chi connectivity index (χ2v) is 8.63. The minimum Gasteiger partial charge on any atom is -0.367 e. The van der Waals surface area contributed by atoms with Crippen molar-refractivity contribution in [1.29, 1.82) is 0 Å². The van der Waals surface area contributed by atoms with Gasteiger partial charge in [-0.2, -0.15) is 0 Å². The lowest BCUT2D eigenvalue weighted by Crippen LogP contribution is -2.48. The molecule has 1 atom stereocenters. The van der Waals surface area contributed by atoms with Gasteiger partial charge in [0.25, 0.3) is 0 Å². The van der Waals surface area contributed by atoms with E-state index in [1.165, 1.54) is 30.4 Å². The summed E-state index contributed by atoms with van der Waals surface area (Å²) in [5, 5.41) is 0. The van der Waals surface area contributed by atoms with Gasteiger partial charge in [-0.15, -0.1) is 0 Å². The van der Waals surface area contributed by atoms with Gasteiger partial charge >= 0.3 is 0 Å². The predicted octanol–water partition coefficient (Wildman–Crippen LogP) is 6.06. The highest BCUT2D eigenvalue weighted by molar-refractivity contribution is 6.68. The van der Waals surface area contributed by atoms with Gasteiger partial charge in [0.1, 0.15) is 0 Å². The van der Waals surface area contributed by atoms with Crippen molar-refractivity contribution in [3.8, 4) is 0 Å². The molecule has 118 valence electrons. The lowest BCUT2D eigenvalue weighted by Gasteiger charge is -2.41. The van der Waals surface area contributed by atoms with Crippen molar-refractivity contribution in [2.75, 3.05) is 11.9 Å². The molecule has 1 saturated carbocycles. The second-order valence-electron chi connectivity index (χ2n) is 6.26. The van der Waals surface area contributed by atoms with Crippen LogP contribution in [0.2, 0.25) is 0 Å². The van der Waals surface area contributed by atoms with Gasteiger partial charge in [-0.25, -0.2) is 0 Å². The molecule has 0 aliphatic heterocycles. The maximum atomic E-state index is 6.34. The standard InChI is InChI=1S/C17H24Cl3N/c1-12-9-10-15(11-13(12)2)21(3)16(17(18,19)20)14-7-5-4-6-8-14/h9-11,14,16H,4-8H2,1-3H3. The summed E-state index contributed by atoms with van der Waals surface area (Å²) in [6.07, 6.45) is 6.07. The van der Waals surface area contributed by atoms with E-state index in [1.54, 1.807) is 0 Å². The Bertz CT molecular complexity index is 475. The maximum Gasteiger partial charge on any atom is 0.210 e. The number of benzene rings is 1. The van der Waals surface area contributed by atoms with Crippen molar-refractivity contribution in [1.82, 2.24) is 0 Å². The number of hydrogen-bond acceptors (Lipinski definition) is 1. The Morgan fingerprint density at radius 1 is 1.05 bits per heavy atom. The van der Waals surface area contributed by atoms with Crippen LogP contribution in [0.25, 0.3) is 0 Å². The minimum atomic E-state index is -1.27. The van der Waals surface area contributed by atoms with E-state index in [1.807, 2.05) is 7.05 Å². The molecule has 0 saturated heterocycles. The van der Waals surface area contributed by atoms with Crippen LogP contribution in [0.1, 0.15) is 43.2 Å². The van der Waals surface area contributed by atoms with Gasteiger partial charge in [-0.05, 0) is 55.9 Å². The van der Waals surface area contributed by atoms with Crippen molar-refractivity contribution in [3.05, 3.63) is 29.3 Å². The third-order valence-electron chi connectivity index (χ3n) is 4.75. The average molecular weight is 349 g/mol. The Morgan fingerprint density at radius 2 is 1.67 bits per heavy atom. The van der Waals surface area contributed by atoms with E-state index in [0.717, 1.165) is 18.5 Å². The van der Waals surface area contributed by atoms with E-state index in [0.29, 0.717) is 5.92 Å². The Hall–Kier alpha value is -0.110. The topological polar surface area (TPSA) is 3.24 Å². The molecule has 0 bridgehead atoms. The molecule has 0 spiro atoms. The molecule has 1 aliphatic carbocycles. The van der Waals surface area contributed by atoms with Crippen LogP contribution in [-0.2, 0) is 0 Å². The van der Waals surface area contributed by atoms with Crippen LogP contribution in [0.4, 0.5) is 5.69 Å². The molecule has 1 aromatic carbocycles. The van der Waals surface area contributed by atoms with Crippen LogP contribution in [0, 0.1) is 19.8 Å². The molecule has 0 N–H and O–H groups in total. The molecular weight excluding hydrogens is 325 g/mol. The molecule has 0 heterocycles. The Morgan fingerprint density at radius 3 is 2.19 bits per heavy atom. The summed E-state index contributed by atoms with van der Waals surface area (Å²) in [6, 6.07) is 6.36. The zero-order valence-corrected chi connectivity index (χ0v) is 15.3. The van der Waals surface area contributed by atoms with Crippen LogP contribution < -0.4 is 4.90 Å². The molecule has 0 aromatic heterocycles. The summed E-state index contributed by atoms with van der Waals surface area (Å²) < 4.78 is -1.27. The maximum absolute atomic E-state index is 6.34. The highest BCUT2D eigenvalue weighted by Gasteiger charge is 2.41. The summed E-state index contributed by atoms with van der Waals surface area (Å²) in [5.74, 6) is 0.442. The first-order valence-corrected chi connectivity index (χ1v) is 8.81. The first-order chi connectivity index (χ1) is 9.80. The first kappa shape index (κ1) is 17.2. The number of aryl methyl sites for hydroxylation is 2. The van der Waals surface area contributed by atoms with E-state index >= 15 is 0 Å². The number of alkyl halides is 3. The Labute approximate surface area is 143 Å². The highest BCUT2D eigenvalue weighted by Crippen LogP contribution is 2.43. The van der Waals surface area contributed by atoms with Gasteiger partial charge in [-0.3, -0.25) is 0 Å². The summed E-state index contributed by atoms with van der Waals surface area (Å²) >= 11 is 19.0. The summed E-state index contributed by atoms with van der Waals surface area (Å²) in [4.78, 5) is 2.16. The summed E-state index contributed by atoms with van der Waals surface area (Å²) in [5.41, 5.74) is 3.68. The fourth-order valence-electron chi connectivity index (χ4n) is 3.36. The summed E-state index contributed by atoms with van der Waals surface area (Å²) in [6.45, 7) is 4.24. The highest BCUT2D eigenvalue weighted by atomic mass is 35.6. The number of rotatable bonds is 3. The Kier molecular flexibility index (Phi) is 5.73. The third-order valence-corrected chi connectivity index (χ3v) is 5.42. The van der Waals surface area contributed by atoms with Gasteiger partial charge in [-0.1, -0.05) is 60.1 Å². The molecule has 1 unspecified atom stereocenters. The number of nitrogens with zero attached hydrogens (tertiary/aromatic N) is 1. The van der Waals surface area contributed by atoms with Crippen molar-refractivity contribution >= 4 is 40.5 Å².